The van der Waals surface area contributed by atoms with Gasteiger partial charge in [0, 0.05) is 28.6 Å². The largest absolute Gasteiger partial charge is 0.481 e. The fourth-order valence-corrected chi connectivity index (χ4v) is 7.45. The molecule has 0 saturated heterocycles. The van der Waals surface area contributed by atoms with Gasteiger partial charge in [-0.1, -0.05) is 23.5 Å². The van der Waals surface area contributed by atoms with E-state index < -0.39 is 16.8 Å². The van der Waals surface area contributed by atoms with Gasteiger partial charge in [0.15, 0.2) is 5.13 Å². The Hall–Kier alpha value is -2.30. The van der Waals surface area contributed by atoms with Gasteiger partial charge in [-0.05, 0) is 67.2 Å². The number of hydrogen-bond acceptors (Lipinski definition) is 7. The molecular formula is C25H26N2O5S3. The maximum Gasteiger partial charge on any atom is 0.313 e. The van der Waals surface area contributed by atoms with E-state index in [0.717, 1.165) is 59.9 Å². The van der Waals surface area contributed by atoms with Crippen molar-refractivity contribution in [3.8, 4) is 0 Å². The number of carbonyl (C=O) groups is 3. The summed E-state index contributed by atoms with van der Waals surface area (Å²) in [6.45, 7) is 0. The second-order valence-corrected chi connectivity index (χ2v) is 13.3. The highest BCUT2D eigenvalue weighted by molar-refractivity contribution is 8.01. The summed E-state index contributed by atoms with van der Waals surface area (Å²) in [6.07, 6.45) is 9.28. The molecule has 3 fully saturated rings. The minimum atomic E-state index is -1.01. The summed E-state index contributed by atoms with van der Waals surface area (Å²) in [5, 5.41) is 12.4. The van der Waals surface area contributed by atoms with Crippen molar-refractivity contribution in [3.63, 3.8) is 0 Å². The van der Waals surface area contributed by atoms with Crippen molar-refractivity contribution in [2.24, 2.45) is 5.92 Å². The average molecular weight is 531 g/mol. The van der Waals surface area contributed by atoms with Gasteiger partial charge in [-0.25, -0.2) is 4.98 Å². The Morgan fingerprint density at radius 1 is 1.23 bits per heavy atom. The maximum atomic E-state index is 13.4. The third-order valence-corrected chi connectivity index (χ3v) is 10.3. The maximum absolute atomic E-state index is 13.4. The number of carbonyl (C=O) groups excluding carboxylic acids is 2. The van der Waals surface area contributed by atoms with Gasteiger partial charge in [-0.3, -0.25) is 23.9 Å². The fourth-order valence-electron chi connectivity index (χ4n) is 4.28. The Morgan fingerprint density at radius 3 is 2.69 bits per heavy atom. The predicted octanol–water partition coefficient (Wildman–Crippen LogP) is 4.86. The van der Waals surface area contributed by atoms with Crippen LogP contribution in [0, 0.1) is 5.92 Å². The molecule has 2 atom stereocenters. The van der Waals surface area contributed by atoms with Gasteiger partial charge in [0.25, 0.3) is 5.91 Å². The molecule has 7 nitrogen and oxygen atoms in total. The number of amides is 1. The number of nitrogens with zero attached hydrogens (tertiary/aromatic N) is 1. The van der Waals surface area contributed by atoms with Crippen molar-refractivity contribution < 1.29 is 23.7 Å². The molecule has 184 valence electrons. The second kappa shape index (κ2) is 10.4. The van der Waals surface area contributed by atoms with Gasteiger partial charge in [0.2, 0.25) is 0 Å². The Kier molecular flexibility index (Phi) is 7.22. The van der Waals surface area contributed by atoms with Crippen LogP contribution in [0.25, 0.3) is 5.57 Å². The first-order chi connectivity index (χ1) is 16.9. The highest BCUT2D eigenvalue weighted by Crippen LogP contribution is 2.45. The molecule has 10 heteroatoms. The van der Waals surface area contributed by atoms with E-state index in [0.29, 0.717) is 33.7 Å². The molecule has 0 spiro atoms. The molecule has 1 aromatic heterocycles. The Bertz CT molecular complexity index is 1230. The van der Waals surface area contributed by atoms with E-state index >= 15 is 0 Å². The normalized spacial score (nSPS) is 21.2. The first-order valence-electron chi connectivity index (χ1n) is 11.8. The number of anilines is 1. The van der Waals surface area contributed by atoms with Crippen LogP contribution in [-0.4, -0.2) is 43.0 Å². The Labute approximate surface area is 214 Å². The number of rotatable bonds is 10. The number of nitrogens with one attached hydrogen (secondary N) is 1. The predicted molar refractivity (Wildman–Crippen MR) is 137 cm³/mol. The van der Waals surface area contributed by atoms with Crippen molar-refractivity contribution in [1.29, 1.82) is 0 Å². The third-order valence-electron chi connectivity index (χ3n) is 6.36. The van der Waals surface area contributed by atoms with E-state index in [1.807, 2.05) is 24.3 Å². The zero-order valence-electron chi connectivity index (χ0n) is 19.0. The van der Waals surface area contributed by atoms with Crippen LogP contribution in [0.2, 0.25) is 0 Å². The molecule has 35 heavy (non-hydrogen) atoms. The second-order valence-electron chi connectivity index (χ2n) is 9.27. The van der Waals surface area contributed by atoms with E-state index in [4.69, 9.17) is 5.11 Å². The Morgan fingerprint density at radius 2 is 2.03 bits per heavy atom. The summed E-state index contributed by atoms with van der Waals surface area (Å²) in [5.74, 6) is -0.702. The third kappa shape index (κ3) is 6.10. The smallest absolute Gasteiger partial charge is 0.313 e. The summed E-state index contributed by atoms with van der Waals surface area (Å²) < 4.78 is 13.7. The monoisotopic (exact) mass is 530 g/mol. The van der Waals surface area contributed by atoms with Crippen molar-refractivity contribution in [1.82, 2.24) is 4.98 Å². The molecule has 3 aliphatic rings. The molecule has 1 unspecified atom stereocenters. The molecule has 2 aromatic rings. The van der Waals surface area contributed by atoms with Crippen LogP contribution in [0.5, 0.6) is 0 Å². The Balaban J connectivity index is 1.42. The first-order valence-corrected chi connectivity index (χ1v) is 14.8. The number of hydrogen-bond donors (Lipinski definition) is 2. The van der Waals surface area contributed by atoms with Gasteiger partial charge >= 0.3 is 5.97 Å². The number of thioether (sulfide) groups is 1. The standard InChI is InChI=1S/C25H26N2O5S3/c28-17-5-1-14(9-17)10-20(24(31)27-25-26-12-23(34-25)33-13-22(29)30)16-4-8-21(35(32)18-6-7-18)19(11-16)15-2-3-15/h4,8,10-12,14-15,18H,1-3,5-7,9,13H2,(H,29,30)(H,26,27,31)/b20-10+/t14-,35?/m0/s1. The lowest BCUT2D eigenvalue weighted by atomic mass is 9.96. The van der Waals surface area contributed by atoms with Gasteiger partial charge in [0.05, 0.1) is 27.0 Å². The van der Waals surface area contributed by atoms with E-state index in [9.17, 15) is 18.6 Å². The zero-order chi connectivity index (χ0) is 24.5. The van der Waals surface area contributed by atoms with Crippen LogP contribution in [0.15, 0.2) is 39.6 Å². The molecule has 0 bridgehead atoms. The SMILES string of the molecule is O=C(O)CSc1cnc(NC(=O)/C(=C/[C@H]2CCC(=O)C2)c2ccc(S(=O)C3CC3)c(C3CC3)c2)s1. The first kappa shape index (κ1) is 24.4. The molecule has 1 heterocycles. The molecule has 0 aliphatic heterocycles. The highest BCUT2D eigenvalue weighted by Gasteiger charge is 2.35. The molecule has 1 amide bonds. The minimum absolute atomic E-state index is 0.00544. The van der Waals surface area contributed by atoms with E-state index in [-0.39, 0.29) is 28.6 Å². The summed E-state index contributed by atoms with van der Waals surface area (Å²) in [5.41, 5.74) is 2.33. The van der Waals surface area contributed by atoms with E-state index in [1.54, 1.807) is 6.20 Å². The number of thiazole rings is 1. The fraction of sp³-hybridized carbons (Fsp3) is 0.440. The van der Waals surface area contributed by atoms with Gasteiger partial charge < -0.3 is 5.11 Å². The average Bonchev–Trinajstić information content (AvgIpc) is 3.76. The van der Waals surface area contributed by atoms with Crippen LogP contribution < -0.4 is 5.32 Å². The van der Waals surface area contributed by atoms with Gasteiger partial charge in [0.1, 0.15) is 5.78 Å². The molecule has 3 saturated carbocycles. The van der Waals surface area contributed by atoms with Crippen molar-refractivity contribution in [2.75, 3.05) is 11.1 Å². The van der Waals surface area contributed by atoms with Crippen LogP contribution in [-0.2, 0) is 25.2 Å². The van der Waals surface area contributed by atoms with Crippen molar-refractivity contribution in [2.45, 2.75) is 65.2 Å². The number of benzene rings is 1. The molecule has 2 N–H and O–H groups in total. The topological polar surface area (TPSA) is 113 Å². The molecule has 5 rings (SSSR count). The summed E-state index contributed by atoms with van der Waals surface area (Å²) >= 11 is 2.38. The van der Waals surface area contributed by atoms with Crippen molar-refractivity contribution >= 4 is 62.3 Å². The summed E-state index contributed by atoms with van der Waals surface area (Å²) in [7, 11) is -1.01. The number of aliphatic carboxylic acids is 1. The summed E-state index contributed by atoms with van der Waals surface area (Å²) in [4.78, 5) is 41.2. The molecule has 3 aliphatic carbocycles. The van der Waals surface area contributed by atoms with Crippen LogP contribution in [0.3, 0.4) is 0 Å². The number of carboxylic acid groups (broad SMARTS) is 1. The van der Waals surface area contributed by atoms with Gasteiger partial charge in [-0.2, -0.15) is 0 Å². The van der Waals surface area contributed by atoms with Crippen LogP contribution >= 0.6 is 23.1 Å². The molecule has 0 radical (unpaired) electrons. The molecular weight excluding hydrogens is 504 g/mol. The number of allylic oxidation sites excluding steroid dienone is 1. The number of Topliss-reactive ketones (excluding diaryl/α,β-unsaturated/α-hetero) is 1. The summed E-state index contributed by atoms with van der Waals surface area (Å²) in [6, 6.07) is 5.81. The van der Waals surface area contributed by atoms with Gasteiger partial charge in [-0.15, -0.1) is 11.8 Å². The van der Waals surface area contributed by atoms with E-state index in [2.05, 4.69) is 10.3 Å². The number of ketones is 1. The van der Waals surface area contributed by atoms with Crippen LogP contribution in [0.1, 0.15) is 62.0 Å². The quantitative estimate of drug-likeness (QED) is 0.333. The number of carboxylic acids is 1. The number of aromatic nitrogens is 1. The highest BCUT2D eigenvalue weighted by atomic mass is 32.2. The van der Waals surface area contributed by atoms with E-state index in [1.165, 1.54) is 11.3 Å². The van der Waals surface area contributed by atoms with Crippen LogP contribution in [0.4, 0.5) is 5.13 Å². The lowest BCUT2D eigenvalue weighted by molar-refractivity contribution is -0.134. The lowest BCUT2D eigenvalue weighted by Gasteiger charge is -2.14. The lowest BCUT2D eigenvalue weighted by Crippen LogP contribution is -2.15. The molecule has 1 aromatic carbocycles. The zero-order valence-corrected chi connectivity index (χ0v) is 21.5. The van der Waals surface area contributed by atoms with Crippen molar-refractivity contribution in [3.05, 3.63) is 41.6 Å². The minimum Gasteiger partial charge on any atom is -0.481 e.